The third-order valence-electron chi connectivity index (χ3n) is 2.60. The fraction of sp³-hybridized carbons (Fsp3) is 1.00. The lowest BCUT2D eigenvalue weighted by atomic mass is 9.85. The standard InChI is InChI=1S/C9H18FN/c10-9(6-7-11)8-4-2-1-3-5-8/h8-9H,1-7,11H2/t9-/m1/s1. The van der Waals surface area contributed by atoms with Gasteiger partial charge in [-0.25, -0.2) is 4.39 Å². The minimum absolute atomic E-state index is 0.326. The van der Waals surface area contributed by atoms with E-state index in [0.717, 1.165) is 12.8 Å². The predicted molar refractivity (Wildman–Crippen MR) is 45.1 cm³/mol. The van der Waals surface area contributed by atoms with E-state index in [-0.39, 0.29) is 0 Å². The van der Waals surface area contributed by atoms with Crippen molar-refractivity contribution in [1.29, 1.82) is 0 Å². The molecule has 0 amide bonds. The first kappa shape index (κ1) is 8.98. The second-order valence-electron chi connectivity index (χ2n) is 3.49. The Morgan fingerprint density at radius 3 is 2.45 bits per heavy atom. The smallest absolute Gasteiger partial charge is 0.104 e. The molecule has 0 aromatic heterocycles. The van der Waals surface area contributed by atoms with E-state index in [4.69, 9.17) is 5.73 Å². The van der Waals surface area contributed by atoms with Crippen LogP contribution in [-0.2, 0) is 0 Å². The van der Waals surface area contributed by atoms with E-state index in [0.29, 0.717) is 18.9 Å². The zero-order valence-electron chi connectivity index (χ0n) is 7.06. The number of hydrogen-bond acceptors (Lipinski definition) is 1. The lowest BCUT2D eigenvalue weighted by Crippen LogP contribution is -2.21. The molecule has 0 aromatic rings. The molecule has 1 fully saturated rings. The number of alkyl halides is 1. The maximum absolute atomic E-state index is 13.2. The molecule has 2 heteroatoms. The Morgan fingerprint density at radius 1 is 1.27 bits per heavy atom. The van der Waals surface area contributed by atoms with Crippen molar-refractivity contribution >= 4 is 0 Å². The van der Waals surface area contributed by atoms with Crippen molar-refractivity contribution in [3.05, 3.63) is 0 Å². The molecule has 1 atom stereocenters. The summed E-state index contributed by atoms with van der Waals surface area (Å²) < 4.78 is 13.2. The average molecular weight is 159 g/mol. The Balaban J connectivity index is 2.21. The van der Waals surface area contributed by atoms with Crippen LogP contribution >= 0.6 is 0 Å². The van der Waals surface area contributed by atoms with E-state index in [1.807, 2.05) is 0 Å². The molecule has 0 heterocycles. The number of hydrogen-bond donors (Lipinski definition) is 1. The van der Waals surface area contributed by atoms with E-state index in [2.05, 4.69) is 0 Å². The zero-order chi connectivity index (χ0) is 8.10. The normalized spacial score (nSPS) is 23.5. The van der Waals surface area contributed by atoms with Gasteiger partial charge in [-0.3, -0.25) is 0 Å². The molecule has 1 rings (SSSR count). The van der Waals surface area contributed by atoms with Gasteiger partial charge in [-0.05, 0) is 31.7 Å². The van der Waals surface area contributed by atoms with Crippen LogP contribution < -0.4 is 5.73 Å². The van der Waals surface area contributed by atoms with Crippen molar-refractivity contribution in [3.63, 3.8) is 0 Å². The van der Waals surface area contributed by atoms with Crippen LogP contribution in [0.5, 0.6) is 0 Å². The number of halogens is 1. The molecular formula is C9H18FN. The molecule has 1 aliphatic rings. The third kappa shape index (κ3) is 2.78. The zero-order valence-corrected chi connectivity index (χ0v) is 7.06. The monoisotopic (exact) mass is 159 g/mol. The van der Waals surface area contributed by atoms with Gasteiger partial charge in [-0.1, -0.05) is 19.3 Å². The van der Waals surface area contributed by atoms with E-state index < -0.39 is 6.17 Å². The average Bonchev–Trinajstić information content (AvgIpc) is 2.07. The first-order valence-electron chi connectivity index (χ1n) is 4.68. The summed E-state index contributed by atoms with van der Waals surface area (Å²) in [4.78, 5) is 0. The summed E-state index contributed by atoms with van der Waals surface area (Å²) >= 11 is 0. The van der Waals surface area contributed by atoms with Crippen LogP contribution in [0.2, 0.25) is 0 Å². The van der Waals surface area contributed by atoms with Crippen molar-refractivity contribution in [3.8, 4) is 0 Å². The van der Waals surface area contributed by atoms with Gasteiger partial charge in [0, 0.05) is 0 Å². The highest BCUT2D eigenvalue weighted by Gasteiger charge is 2.21. The van der Waals surface area contributed by atoms with Crippen LogP contribution in [0.25, 0.3) is 0 Å². The third-order valence-corrected chi connectivity index (χ3v) is 2.60. The highest BCUT2D eigenvalue weighted by Crippen LogP contribution is 2.28. The van der Waals surface area contributed by atoms with Crippen LogP contribution in [-0.4, -0.2) is 12.7 Å². The van der Waals surface area contributed by atoms with Gasteiger partial charge in [0.05, 0.1) is 0 Å². The highest BCUT2D eigenvalue weighted by atomic mass is 19.1. The fourth-order valence-electron chi connectivity index (χ4n) is 1.89. The first-order chi connectivity index (χ1) is 5.34. The van der Waals surface area contributed by atoms with Crippen LogP contribution in [0, 0.1) is 5.92 Å². The van der Waals surface area contributed by atoms with Gasteiger partial charge >= 0.3 is 0 Å². The molecule has 11 heavy (non-hydrogen) atoms. The molecule has 0 spiro atoms. The number of rotatable bonds is 3. The molecule has 1 saturated carbocycles. The van der Waals surface area contributed by atoms with Crippen LogP contribution in [0.15, 0.2) is 0 Å². The summed E-state index contributed by atoms with van der Waals surface area (Å²) in [5.74, 6) is 0.326. The molecule has 66 valence electrons. The summed E-state index contributed by atoms with van der Waals surface area (Å²) in [6, 6.07) is 0. The van der Waals surface area contributed by atoms with Gasteiger partial charge in [0.1, 0.15) is 6.17 Å². The van der Waals surface area contributed by atoms with Gasteiger partial charge in [0.25, 0.3) is 0 Å². The summed E-state index contributed by atoms with van der Waals surface area (Å²) in [5.41, 5.74) is 5.30. The Labute approximate surface area is 68.2 Å². The van der Waals surface area contributed by atoms with Crippen LogP contribution in [0.3, 0.4) is 0 Å². The SMILES string of the molecule is NCC[C@@H](F)C1CCCCC1. The van der Waals surface area contributed by atoms with Crippen molar-refractivity contribution in [1.82, 2.24) is 0 Å². The second kappa shape index (κ2) is 4.70. The lowest BCUT2D eigenvalue weighted by Gasteiger charge is -2.24. The maximum Gasteiger partial charge on any atom is 0.104 e. The van der Waals surface area contributed by atoms with Gasteiger partial charge in [0.2, 0.25) is 0 Å². The topological polar surface area (TPSA) is 26.0 Å². The Morgan fingerprint density at radius 2 is 1.91 bits per heavy atom. The van der Waals surface area contributed by atoms with Gasteiger partial charge in [-0.15, -0.1) is 0 Å². The lowest BCUT2D eigenvalue weighted by molar-refractivity contribution is 0.173. The molecule has 2 N–H and O–H groups in total. The molecule has 1 aliphatic carbocycles. The Bertz CT molecular complexity index is 99.7. The summed E-state index contributed by atoms with van der Waals surface area (Å²) in [5, 5.41) is 0. The largest absolute Gasteiger partial charge is 0.330 e. The van der Waals surface area contributed by atoms with Crippen LogP contribution in [0.4, 0.5) is 4.39 Å². The highest BCUT2D eigenvalue weighted by molar-refractivity contribution is 4.73. The molecule has 0 unspecified atom stereocenters. The second-order valence-corrected chi connectivity index (χ2v) is 3.49. The van der Waals surface area contributed by atoms with Crippen molar-refractivity contribution in [2.75, 3.05) is 6.54 Å². The molecule has 0 bridgehead atoms. The van der Waals surface area contributed by atoms with Crippen molar-refractivity contribution in [2.24, 2.45) is 11.7 Å². The summed E-state index contributed by atoms with van der Waals surface area (Å²) in [7, 11) is 0. The molecule has 0 aliphatic heterocycles. The minimum Gasteiger partial charge on any atom is -0.330 e. The van der Waals surface area contributed by atoms with Gasteiger partial charge in [-0.2, -0.15) is 0 Å². The number of nitrogens with two attached hydrogens (primary N) is 1. The van der Waals surface area contributed by atoms with Gasteiger partial charge < -0.3 is 5.73 Å². The summed E-state index contributed by atoms with van der Waals surface area (Å²) in [6.45, 7) is 0.498. The van der Waals surface area contributed by atoms with E-state index in [9.17, 15) is 4.39 Å². The van der Waals surface area contributed by atoms with Crippen molar-refractivity contribution < 1.29 is 4.39 Å². The quantitative estimate of drug-likeness (QED) is 0.671. The van der Waals surface area contributed by atoms with E-state index in [1.54, 1.807) is 0 Å². The van der Waals surface area contributed by atoms with Gasteiger partial charge in [0.15, 0.2) is 0 Å². The Hall–Kier alpha value is -0.110. The molecule has 0 radical (unpaired) electrons. The van der Waals surface area contributed by atoms with E-state index >= 15 is 0 Å². The van der Waals surface area contributed by atoms with Crippen LogP contribution in [0.1, 0.15) is 38.5 Å². The molecule has 0 saturated heterocycles. The predicted octanol–water partition coefficient (Wildman–Crippen LogP) is 2.25. The van der Waals surface area contributed by atoms with E-state index in [1.165, 1.54) is 19.3 Å². The van der Waals surface area contributed by atoms with Crippen molar-refractivity contribution in [2.45, 2.75) is 44.7 Å². The molecule has 0 aromatic carbocycles. The summed E-state index contributed by atoms with van der Waals surface area (Å²) in [6.07, 6.45) is 5.84. The molecule has 1 nitrogen and oxygen atoms in total. The fourth-order valence-corrected chi connectivity index (χ4v) is 1.89. The maximum atomic E-state index is 13.2. The minimum atomic E-state index is -0.625. The molecular weight excluding hydrogens is 141 g/mol. The first-order valence-corrected chi connectivity index (χ1v) is 4.68. The Kier molecular flexibility index (Phi) is 3.84.